The Labute approximate surface area is 200 Å². The van der Waals surface area contributed by atoms with Crippen LogP contribution in [0.5, 0.6) is 34.5 Å². The van der Waals surface area contributed by atoms with E-state index in [1.54, 1.807) is 42.7 Å². The van der Waals surface area contributed by atoms with Crippen LogP contribution in [0, 0.1) is 0 Å². The quantitative estimate of drug-likeness (QED) is 0.542. The summed E-state index contributed by atoms with van der Waals surface area (Å²) in [5.74, 6) is 3.08. The lowest BCUT2D eigenvalue weighted by atomic mass is 9.94. The zero-order chi connectivity index (χ0) is 24.8. The van der Waals surface area contributed by atoms with Crippen LogP contribution in [0.25, 0.3) is 12.2 Å². The lowest BCUT2D eigenvalue weighted by Crippen LogP contribution is -2.34. The molecule has 0 spiro atoms. The smallest absolute Gasteiger partial charge is 0.203 e. The molecule has 1 heterocycles. The van der Waals surface area contributed by atoms with Crippen molar-refractivity contribution in [1.29, 1.82) is 0 Å². The third-order valence-electron chi connectivity index (χ3n) is 5.52. The largest absolute Gasteiger partial charge is 0.493 e. The number of hydrogen-bond acceptors (Lipinski definition) is 8. The molecule has 0 N–H and O–H groups in total. The summed E-state index contributed by atoms with van der Waals surface area (Å²) in [7, 11) is 11.3. The Bertz CT molecular complexity index is 985. The maximum atomic E-state index is 13.4. The van der Waals surface area contributed by atoms with Gasteiger partial charge in [0.2, 0.25) is 11.5 Å². The van der Waals surface area contributed by atoms with Crippen molar-refractivity contribution in [2.24, 2.45) is 0 Å². The van der Waals surface area contributed by atoms with E-state index in [-0.39, 0.29) is 5.78 Å². The molecule has 1 saturated heterocycles. The van der Waals surface area contributed by atoms with E-state index >= 15 is 0 Å². The van der Waals surface area contributed by atoms with Gasteiger partial charge in [-0.3, -0.25) is 9.69 Å². The molecule has 182 valence electrons. The van der Waals surface area contributed by atoms with Gasteiger partial charge in [-0.2, -0.15) is 0 Å². The van der Waals surface area contributed by atoms with Crippen molar-refractivity contribution in [3.8, 4) is 34.5 Å². The summed E-state index contributed by atoms with van der Waals surface area (Å²) in [4.78, 5) is 15.5. The van der Waals surface area contributed by atoms with E-state index in [1.807, 2.05) is 43.5 Å². The highest BCUT2D eigenvalue weighted by molar-refractivity contribution is 6.14. The number of rotatable bonds is 8. The first-order chi connectivity index (χ1) is 16.4. The van der Waals surface area contributed by atoms with Gasteiger partial charge in [0, 0.05) is 24.2 Å². The van der Waals surface area contributed by atoms with Gasteiger partial charge in [-0.15, -0.1) is 0 Å². The maximum absolute atomic E-state index is 13.4. The van der Waals surface area contributed by atoms with Crippen molar-refractivity contribution in [2.45, 2.75) is 0 Å². The van der Waals surface area contributed by atoms with Crippen molar-refractivity contribution in [3.63, 3.8) is 0 Å². The molecule has 0 atom stereocenters. The monoisotopic (exact) mass is 469 g/mol. The Morgan fingerprint density at radius 1 is 0.618 bits per heavy atom. The molecule has 1 aliphatic heterocycles. The first kappa shape index (κ1) is 25.0. The predicted octanol–water partition coefficient (Wildman–Crippen LogP) is 3.72. The Hall–Kier alpha value is -3.65. The fourth-order valence-electron chi connectivity index (χ4n) is 3.98. The van der Waals surface area contributed by atoms with Gasteiger partial charge in [-0.05, 0) is 54.6 Å². The van der Waals surface area contributed by atoms with Crippen molar-refractivity contribution in [1.82, 2.24) is 4.90 Å². The summed E-state index contributed by atoms with van der Waals surface area (Å²) < 4.78 is 32.6. The van der Waals surface area contributed by atoms with Crippen LogP contribution in [0.3, 0.4) is 0 Å². The van der Waals surface area contributed by atoms with Gasteiger partial charge < -0.3 is 28.4 Å². The van der Waals surface area contributed by atoms with Crippen LogP contribution in [-0.2, 0) is 4.79 Å². The van der Waals surface area contributed by atoms with Crippen molar-refractivity contribution in [2.75, 3.05) is 62.8 Å². The normalized spacial score (nSPS) is 16.5. The summed E-state index contributed by atoms with van der Waals surface area (Å²) in [5, 5.41) is 0. The number of likely N-dealkylation sites (N-methyl/N-ethyl adjacent to an activating group) is 1. The third kappa shape index (κ3) is 5.12. The van der Waals surface area contributed by atoms with Gasteiger partial charge in [0.1, 0.15) is 0 Å². The molecule has 0 radical (unpaired) electrons. The molecule has 1 fully saturated rings. The summed E-state index contributed by atoms with van der Waals surface area (Å²) >= 11 is 0. The third-order valence-corrected chi connectivity index (χ3v) is 5.52. The topological polar surface area (TPSA) is 75.7 Å². The van der Waals surface area contributed by atoms with E-state index in [1.165, 1.54) is 0 Å². The molecule has 0 bridgehead atoms. The predicted molar refractivity (Wildman–Crippen MR) is 131 cm³/mol. The standard InChI is InChI=1S/C26H31NO7/c1-27-14-18(8-16-10-20(29-2)25(33-6)21(11-16)30-3)24(28)19(15-27)9-17-12-22(31-4)26(34-7)23(13-17)32-5/h8-13H,14-15H2,1-7H3. The van der Waals surface area contributed by atoms with Crippen LogP contribution in [0.15, 0.2) is 35.4 Å². The lowest BCUT2D eigenvalue weighted by molar-refractivity contribution is -0.113. The minimum atomic E-state index is -0.0272. The van der Waals surface area contributed by atoms with Crippen LogP contribution in [0.1, 0.15) is 11.1 Å². The van der Waals surface area contributed by atoms with E-state index in [0.29, 0.717) is 58.7 Å². The van der Waals surface area contributed by atoms with Crippen LogP contribution in [0.2, 0.25) is 0 Å². The van der Waals surface area contributed by atoms with E-state index in [9.17, 15) is 4.79 Å². The van der Waals surface area contributed by atoms with Gasteiger partial charge >= 0.3 is 0 Å². The van der Waals surface area contributed by atoms with Gasteiger partial charge in [0.25, 0.3) is 0 Å². The van der Waals surface area contributed by atoms with Crippen LogP contribution in [-0.4, -0.2) is 73.5 Å². The average Bonchev–Trinajstić information content (AvgIpc) is 2.85. The Balaban J connectivity index is 2.03. The molecule has 0 aliphatic carbocycles. The van der Waals surface area contributed by atoms with Gasteiger partial charge in [0.15, 0.2) is 28.8 Å². The number of hydrogen-bond donors (Lipinski definition) is 0. The number of ketones is 1. The van der Waals surface area contributed by atoms with Crippen LogP contribution in [0.4, 0.5) is 0 Å². The maximum Gasteiger partial charge on any atom is 0.203 e. The van der Waals surface area contributed by atoms with Crippen LogP contribution >= 0.6 is 0 Å². The summed E-state index contributed by atoms with van der Waals surface area (Å²) in [6, 6.07) is 7.27. The van der Waals surface area contributed by atoms with Gasteiger partial charge in [-0.25, -0.2) is 0 Å². The summed E-state index contributed by atoms with van der Waals surface area (Å²) in [5.41, 5.74) is 2.86. The van der Waals surface area contributed by atoms with E-state index in [2.05, 4.69) is 4.90 Å². The first-order valence-electron chi connectivity index (χ1n) is 10.6. The zero-order valence-corrected chi connectivity index (χ0v) is 20.7. The van der Waals surface area contributed by atoms with Crippen LogP contribution < -0.4 is 28.4 Å². The summed E-state index contributed by atoms with van der Waals surface area (Å²) in [6.45, 7) is 1.03. The highest BCUT2D eigenvalue weighted by atomic mass is 16.5. The molecule has 2 aromatic carbocycles. The second-order valence-electron chi connectivity index (χ2n) is 7.76. The van der Waals surface area contributed by atoms with Crippen molar-refractivity contribution >= 4 is 17.9 Å². The van der Waals surface area contributed by atoms with Gasteiger partial charge in [0.05, 0.1) is 42.7 Å². The molecule has 34 heavy (non-hydrogen) atoms. The molecular formula is C26H31NO7. The fraction of sp³-hybridized carbons (Fsp3) is 0.346. The SMILES string of the molecule is COc1cc(C=C2CN(C)CC(=Cc3cc(OC)c(OC)c(OC)c3)C2=O)cc(OC)c1OC. The van der Waals surface area contributed by atoms with Crippen molar-refractivity contribution < 1.29 is 33.2 Å². The molecule has 2 aromatic rings. The van der Waals surface area contributed by atoms with Crippen molar-refractivity contribution in [3.05, 3.63) is 46.5 Å². The molecule has 8 heteroatoms. The number of likely N-dealkylation sites (tertiary alicyclic amines) is 1. The number of carbonyl (C=O) groups is 1. The molecule has 1 aliphatic rings. The number of ether oxygens (including phenoxy) is 6. The molecule has 0 aromatic heterocycles. The Morgan fingerprint density at radius 2 is 0.941 bits per heavy atom. The Morgan fingerprint density at radius 3 is 1.21 bits per heavy atom. The minimum absolute atomic E-state index is 0.0272. The number of nitrogens with zero attached hydrogens (tertiary/aromatic N) is 1. The molecule has 0 saturated carbocycles. The second-order valence-corrected chi connectivity index (χ2v) is 7.76. The molecule has 0 amide bonds. The zero-order valence-electron chi connectivity index (χ0n) is 20.7. The number of methoxy groups -OCH3 is 6. The fourth-order valence-corrected chi connectivity index (χ4v) is 3.98. The van der Waals surface area contributed by atoms with E-state index in [0.717, 1.165) is 11.1 Å². The van der Waals surface area contributed by atoms with E-state index < -0.39 is 0 Å². The van der Waals surface area contributed by atoms with Gasteiger partial charge in [-0.1, -0.05) is 0 Å². The minimum Gasteiger partial charge on any atom is -0.493 e. The lowest BCUT2D eigenvalue weighted by Gasteiger charge is -2.26. The number of Topliss-reactive ketones (excluding diaryl/α,β-unsaturated/α-hetero) is 1. The molecule has 0 unspecified atom stereocenters. The first-order valence-corrected chi connectivity index (χ1v) is 10.6. The number of carbonyl (C=O) groups excluding carboxylic acids is 1. The summed E-state index contributed by atoms with van der Waals surface area (Å²) in [6.07, 6.45) is 3.71. The highest BCUT2D eigenvalue weighted by Gasteiger charge is 2.25. The highest BCUT2D eigenvalue weighted by Crippen LogP contribution is 2.40. The average molecular weight is 470 g/mol. The number of benzene rings is 2. The Kier molecular flexibility index (Phi) is 8.07. The molecular weight excluding hydrogens is 438 g/mol. The molecule has 3 rings (SSSR count). The van der Waals surface area contributed by atoms with E-state index in [4.69, 9.17) is 28.4 Å². The second kappa shape index (κ2) is 11.0. The molecule has 8 nitrogen and oxygen atoms in total. The number of piperidine rings is 1.